The van der Waals surface area contributed by atoms with E-state index in [4.69, 9.17) is 11.6 Å². The lowest BCUT2D eigenvalue weighted by Gasteiger charge is -2.20. The van der Waals surface area contributed by atoms with Gasteiger partial charge in [0.15, 0.2) is 0 Å². The lowest BCUT2D eigenvalue weighted by Crippen LogP contribution is -2.29. The van der Waals surface area contributed by atoms with E-state index in [-0.39, 0.29) is 4.90 Å². The Bertz CT molecular complexity index is 1230. The van der Waals surface area contributed by atoms with Crippen LogP contribution in [0.5, 0.6) is 0 Å². The number of anilines is 1. The quantitative estimate of drug-likeness (QED) is 0.566. The summed E-state index contributed by atoms with van der Waals surface area (Å²) >= 11 is 6.10. The minimum absolute atomic E-state index is 0.123. The molecular formula is C21H16BClF3NO2S. The molecule has 0 amide bonds. The molecule has 0 aromatic heterocycles. The second-order valence-corrected chi connectivity index (χ2v) is 9.43. The highest BCUT2D eigenvalue weighted by molar-refractivity contribution is 7.92. The first kappa shape index (κ1) is 20.8. The molecule has 3 aromatic carbocycles. The maximum absolute atomic E-state index is 13.1. The summed E-state index contributed by atoms with van der Waals surface area (Å²) in [5.41, 5.74) is 2.86. The van der Waals surface area contributed by atoms with Gasteiger partial charge in [-0.3, -0.25) is 4.31 Å². The van der Waals surface area contributed by atoms with E-state index in [1.165, 1.54) is 28.6 Å². The SMILES string of the molecule is Bc1ccc(S(=O)(=O)N2CCc3cc(-c4ccc(C(F)(F)F)cc4)ccc32)cc1Cl. The number of alkyl halides is 3. The average molecular weight is 450 g/mol. The zero-order chi connectivity index (χ0) is 21.7. The molecule has 154 valence electrons. The Labute approximate surface area is 178 Å². The lowest BCUT2D eigenvalue weighted by atomic mass is 9.97. The molecule has 0 N–H and O–H groups in total. The third kappa shape index (κ3) is 3.70. The third-order valence-corrected chi connectivity index (χ3v) is 7.43. The molecule has 1 aliphatic heterocycles. The summed E-state index contributed by atoms with van der Waals surface area (Å²) in [4.78, 5) is 0.123. The number of fused-ring (bicyclic) bond motifs is 1. The van der Waals surface area contributed by atoms with Crippen molar-refractivity contribution >= 4 is 40.6 Å². The molecule has 0 atom stereocenters. The standard InChI is InChI=1S/C21H16BClF3NO2S/c22-18-7-6-17(12-19(18)23)30(28,29)27-10-9-15-11-14(3-8-20(15)27)13-1-4-16(5-2-13)21(24,25)26/h1-8,11-12H,9-10,22H2. The summed E-state index contributed by atoms with van der Waals surface area (Å²) in [6.07, 6.45) is -3.87. The van der Waals surface area contributed by atoms with Crippen LogP contribution >= 0.6 is 11.6 Å². The van der Waals surface area contributed by atoms with Gasteiger partial charge in [0.2, 0.25) is 0 Å². The van der Waals surface area contributed by atoms with Gasteiger partial charge < -0.3 is 0 Å². The Morgan fingerprint density at radius 2 is 1.60 bits per heavy atom. The number of nitrogens with zero attached hydrogens (tertiary/aromatic N) is 1. The second-order valence-electron chi connectivity index (χ2n) is 7.16. The van der Waals surface area contributed by atoms with Crippen LogP contribution < -0.4 is 9.77 Å². The van der Waals surface area contributed by atoms with Crippen molar-refractivity contribution in [2.45, 2.75) is 17.5 Å². The smallest absolute Gasteiger partial charge is 0.266 e. The van der Waals surface area contributed by atoms with E-state index < -0.39 is 21.8 Å². The van der Waals surface area contributed by atoms with Crippen molar-refractivity contribution < 1.29 is 21.6 Å². The van der Waals surface area contributed by atoms with Crippen LogP contribution in [0.4, 0.5) is 18.9 Å². The van der Waals surface area contributed by atoms with E-state index in [1.807, 2.05) is 6.07 Å². The van der Waals surface area contributed by atoms with E-state index in [0.717, 1.165) is 28.7 Å². The molecule has 1 heterocycles. The Hall–Kier alpha value is -2.45. The molecule has 0 saturated heterocycles. The third-order valence-electron chi connectivity index (χ3n) is 5.21. The first-order chi connectivity index (χ1) is 14.1. The van der Waals surface area contributed by atoms with Gasteiger partial charge in [0.1, 0.15) is 7.85 Å². The number of hydrogen-bond donors (Lipinski definition) is 0. The van der Waals surface area contributed by atoms with Crippen molar-refractivity contribution in [2.24, 2.45) is 0 Å². The van der Waals surface area contributed by atoms with Crippen LogP contribution in [0.3, 0.4) is 0 Å². The summed E-state index contributed by atoms with van der Waals surface area (Å²) in [5.74, 6) is 0. The molecule has 1 aliphatic rings. The second kappa shape index (κ2) is 7.36. The summed E-state index contributed by atoms with van der Waals surface area (Å²) in [5, 5.41) is 0.383. The van der Waals surface area contributed by atoms with Gasteiger partial charge in [0.25, 0.3) is 10.0 Å². The van der Waals surface area contributed by atoms with Gasteiger partial charge in [0, 0.05) is 11.6 Å². The molecule has 30 heavy (non-hydrogen) atoms. The fraction of sp³-hybridized carbons (Fsp3) is 0.143. The first-order valence-electron chi connectivity index (χ1n) is 9.17. The Balaban J connectivity index is 1.66. The topological polar surface area (TPSA) is 37.4 Å². The van der Waals surface area contributed by atoms with E-state index in [1.54, 1.807) is 26.0 Å². The summed E-state index contributed by atoms with van der Waals surface area (Å²) in [6.45, 7) is 0.291. The Morgan fingerprint density at radius 1 is 0.933 bits per heavy atom. The monoisotopic (exact) mass is 449 g/mol. The van der Waals surface area contributed by atoms with Crippen molar-refractivity contribution in [3.05, 3.63) is 76.8 Å². The molecule has 0 aliphatic carbocycles. The van der Waals surface area contributed by atoms with Crippen LogP contribution in [0.15, 0.2) is 65.6 Å². The molecule has 3 aromatic rings. The molecule has 4 rings (SSSR count). The van der Waals surface area contributed by atoms with Crippen molar-refractivity contribution in [3.63, 3.8) is 0 Å². The van der Waals surface area contributed by atoms with Crippen molar-refractivity contribution in [1.82, 2.24) is 0 Å². The maximum atomic E-state index is 13.1. The van der Waals surface area contributed by atoms with Crippen LogP contribution in [0, 0.1) is 0 Å². The fourth-order valence-electron chi connectivity index (χ4n) is 3.51. The van der Waals surface area contributed by atoms with Crippen LogP contribution in [0.25, 0.3) is 11.1 Å². The molecule has 0 saturated carbocycles. The first-order valence-corrected chi connectivity index (χ1v) is 11.0. The van der Waals surface area contributed by atoms with Gasteiger partial charge in [-0.2, -0.15) is 13.2 Å². The van der Waals surface area contributed by atoms with Crippen molar-refractivity contribution in [3.8, 4) is 11.1 Å². The van der Waals surface area contributed by atoms with Gasteiger partial charge in [-0.1, -0.05) is 41.3 Å². The number of halogens is 4. The Kier molecular flexibility index (Phi) is 5.10. The maximum Gasteiger partial charge on any atom is 0.416 e. The number of sulfonamides is 1. The van der Waals surface area contributed by atoms with Crippen molar-refractivity contribution in [2.75, 3.05) is 10.8 Å². The zero-order valence-corrected chi connectivity index (χ0v) is 17.4. The molecule has 0 unspecified atom stereocenters. The number of benzene rings is 3. The molecule has 3 nitrogen and oxygen atoms in total. The molecule has 0 fully saturated rings. The van der Waals surface area contributed by atoms with Crippen LogP contribution in [0.1, 0.15) is 11.1 Å². The van der Waals surface area contributed by atoms with Gasteiger partial charge in [-0.25, -0.2) is 8.42 Å². The van der Waals surface area contributed by atoms with E-state index >= 15 is 0 Å². The van der Waals surface area contributed by atoms with Gasteiger partial charge in [-0.05, 0) is 59.5 Å². The summed E-state index contributed by atoms with van der Waals surface area (Å²) < 4.78 is 65.9. The van der Waals surface area contributed by atoms with Gasteiger partial charge >= 0.3 is 6.18 Å². The summed E-state index contributed by atoms with van der Waals surface area (Å²) in [7, 11) is -1.97. The normalized spacial score (nSPS) is 14.1. The minimum Gasteiger partial charge on any atom is -0.266 e. The highest BCUT2D eigenvalue weighted by atomic mass is 35.5. The minimum atomic E-state index is -4.38. The highest BCUT2D eigenvalue weighted by Crippen LogP contribution is 2.37. The fourth-order valence-corrected chi connectivity index (χ4v) is 5.29. The highest BCUT2D eigenvalue weighted by Gasteiger charge is 2.32. The molecule has 0 bridgehead atoms. The molecular weight excluding hydrogens is 434 g/mol. The van der Waals surface area contributed by atoms with Crippen LogP contribution in [-0.4, -0.2) is 22.8 Å². The zero-order valence-electron chi connectivity index (χ0n) is 15.9. The van der Waals surface area contributed by atoms with Crippen molar-refractivity contribution in [1.29, 1.82) is 0 Å². The predicted molar refractivity (Wildman–Crippen MR) is 115 cm³/mol. The number of hydrogen-bond acceptors (Lipinski definition) is 2. The molecule has 0 spiro atoms. The average Bonchev–Trinajstić information content (AvgIpc) is 3.13. The van der Waals surface area contributed by atoms with Crippen LogP contribution in [0.2, 0.25) is 5.02 Å². The molecule has 9 heteroatoms. The van der Waals surface area contributed by atoms with E-state index in [0.29, 0.717) is 29.2 Å². The largest absolute Gasteiger partial charge is 0.416 e. The van der Waals surface area contributed by atoms with Gasteiger partial charge in [-0.15, -0.1) is 0 Å². The Morgan fingerprint density at radius 3 is 2.23 bits per heavy atom. The van der Waals surface area contributed by atoms with E-state index in [2.05, 4.69) is 0 Å². The molecule has 0 radical (unpaired) electrons. The number of rotatable bonds is 3. The van der Waals surface area contributed by atoms with Crippen LogP contribution in [-0.2, 0) is 22.6 Å². The van der Waals surface area contributed by atoms with E-state index in [9.17, 15) is 21.6 Å². The lowest BCUT2D eigenvalue weighted by molar-refractivity contribution is -0.137. The summed E-state index contributed by atoms with van der Waals surface area (Å²) in [6, 6.07) is 14.8. The van der Waals surface area contributed by atoms with Gasteiger partial charge in [0.05, 0.1) is 16.1 Å². The predicted octanol–water partition coefficient (Wildman–Crippen LogP) is 4.04.